The van der Waals surface area contributed by atoms with Gasteiger partial charge in [0.25, 0.3) is 0 Å². The molecule has 0 spiro atoms. The van der Waals surface area contributed by atoms with Crippen LogP contribution in [0.25, 0.3) is 0 Å². The SMILES string of the molecule is CCCCCCCCCCCCC(O)(CCCCCCCCCCCC)C(O)CO. The van der Waals surface area contributed by atoms with Crippen molar-refractivity contribution in [3.63, 3.8) is 0 Å². The molecule has 0 bridgehead atoms. The zero-order valence-electron chi connectivity index (χ0n) is 20.7. The van der Waals surface area contributed by atoms with Gasteiger partial charge in [-0.2, -0.15) is 0 Å². The van der Waals surface area contributed by atoms with E-state index in [0.717, 1.165) is 25.7 Å². The number of unbranched alkanes of at least 4 members (excludes halogenated alkanes) is 18. The maximum Gasteiger partial charge on any atom is 0.106 e. The van der Waals surface area contributed by atoms with Gasteiger partial charge in [0.15, 0.2) is 0 Å². The lowest BCUT2D eigenvalue weighted by Crippen LogP contribution is -2.44. The van der Waals surface area contributed by atoms with E-state index in [0.29, 0.717) is 12.8 Å². The van der Waals surface area contributed by atoms with Gasteiger partial charge in [-0.15, -0.1) is 0 Å². The highest BCUT2D eigenvalue weighted by Gasteiger charge is 2.33. The molecule has 0 saturated heterocycles. The summed E-state index contributed by atoms with van der Waals surface area (Å²) in [6.07, 6.45) is 25.6. The molecule has 0 radical (unpaired) electrons. The monoisotopic (exact) mass is 428 g/mol. The molecule has 3 N–H and O–H groups in total. The molecule has 30 heavy (non-hydrogen) atoms. The van der Waals surface area contributed by atoms with Crippen LogP contribution in [0.2, 0.25) is 0 Å². The fourth-order valence-electron chi connectivity index (χ4n) is 4.47. The Hall–Kier alpha value is -0.120. The van der Waals surface area contributed by atoms with E-state index in [1.807, 2.05) is 0 Å². The fourth-order valence-corrected chi connectivity index (χ4v) is 4.47. The molecule has 0 heterocycles. The molecule has 0 fully saturated rings. The summed E-state index contributed by atoms with van der Waals surface area (Å²) < 4.78 is 0. The van der Waals surface area contributed by atoms with Crippen LogP contribution in [-0.4, -0.2) is 33.6 Å². The van der Waals surface area contributed by atoms with Crippen molar-refractivity contribution in [2.75, 3.05) is 6.61 Å². The molecule has 0 rings (SSSR count). The minimum atomic E-state index is -1.10. The van der Waals surface area contributed by atoms with Crippen LogP contribution in [0.5, 0.6) is 0 Å². The number of aliphatic hydroxyl groups is 3. The predicted octanol–water partition coefficient (Wildman–Crippen LogP) is 7.69. The second-order valence-corrected chi connectivity index (χ2v) is 9.67. The summed E-state index contributed by atoms with van der Waals surface area (Å²) in [5, 5.41) is 30.5. The Morgan fingerprint density at radius 3 is 1.03 bits per heavy atom. The topological polar surface area (TPSA) is 60.7 Å². The largest absolute Gasteiger partial charge is 0.394 e. The van der Waals surface area contributed by atoms with E-state index >= 15 is 0 Å². The third-order valence-corrected chi connectivity index (χ3v) is 6.72. The number of hydrogen-bond acceptors (Lipinski definition) is 3. The van der Waals surface area contributed by atoms with Gasteiger partial charge < -0.3 is 15.3 Å². The Bertz CT molecular complexity index is 308. The zero-order chi connectivity index (χ0) is 22.3. The second kappa shape index (κ2) is 22.1. The van der Waals surface area contributed by atoms with Crippen molar-refractivity contribution in [1.82, 2.24) is 0 Å². The first-order chi connectivity index (χ1) is 14.6. The molecule has 3 nitrogen and oxygen atoms in total. The van der Waals surface area contributed by atoms with E-state index in [4.69, 9.17) is 0 Å². The van der Waals surface area contributed by atoms with Crippen molar-refractivity contribution < 1.29 is 15.3 Å². The Morgan fingerprint density at radius 2 is 0.767 bits per heavy atom. The quantitative estimate of drug-likeness (QED) is 0.138. The highest BCUT2D eigenvalue weighted by Crippen LogP contribution is 2.27. The molecule has 0 aromatic carbocycles. The third-order valence-electron chi connectivity index (χ3n) is 6.72. The lowest BCUT2D eigenvalue weighted by Gasteiger charge is -2.32. The van der Waals surface area contributed by atoms with E-state index in [1.165, 1.54) is 103 Å². The average molecular weight is 429 g/mol. The zero-order valence-corrected chi connectivity index (χ0v) is 20.7. The molecule has 0 aromatic heterocycles. The van der Waals surface area contributed by atoms with E-state index in [-0.39, 0.29) is 6.61 Å². The summed E-state index contributed by atoms with van der Waals surface area (Å²) in [7, 11) is 0. The van der Waals surface area contributed by atoms with Gasteiger partial charge >= 0.3 is 0 Å². The van der Waals surface area contributed by atoms with Gasteiger partial charge in [0, 0.05) is 0 Å². The summed E-state index contributed by atoms with van der Waals surface area (Å²) >= 11 is 0. The molecule has 0 aliphatic carbocycles. The Kier molecular flexibility index (Phi) is 22.0. The van der Waals surface area contributed by atoms with Crippen LogP contribution >= 0.6 is 0 Å². The molecule has 0 aliphatic heterocycles. The van der Waals surface area contributed by atoms with E-state index in [1.54, 1.807) is 0 Å². The van der Waals surface area contributed by atoms with Gasteiger partial charge in [0.1, 0.15) is 6.10 Å². The molecule has 1 atom stereocenters. The first-order valence-corrected chi connectivity index (χ1v) is 13.6. The highest BCUT2D eigenvalue weighted by atomic mass is 16.4. The van der Waals surface area contributed by atoms with Crippen LogP contribution in [0, 0.1) is 0 Å². The molecule has 0 saturated carbocycles. The lowest BCUT2D eigenvalue weighted by atomic mass is 9.85. The fraction of sp³-hybridized carbons (Fsp3) is 1.00. The van der Waals surface area contributed by atoms with Crippen LogP contribution in [-0.2, 0) is 0 Å². The molecular weight excluding hydrogens is 372 g/mol. The maximum atomic E-state index is 10.9. The molecule has 0 aliphatic rings. The molecule has 0 amide bonds. The number of hydrogen-bond donors (Lipinski definition) is 3. The Balaban J connectivity index is 3.78. The van der Waals surface area contributed by atoms with Crippen molar-refractivity contribution in [2.45, 2.75) is 167 Å². The van der Waals surface area contributed by atoms with Gasteiger partial charge in [-0.25, -0.2) is 0 Å². The highest BCUT2D eigenvalue weighted by molar-refractivity contribution is 4.86. The second-order valence-electron chi connectivity index (χ2n) is 9.67. The summed E-state index contributed by atoms with van der Waals surface area (Å²) in [6, 6.07) is 0. The summed E-state index contributed by atoms with van der Waals surface area (Å²) in [6.45, 7) is 4.17. The summed E-state index contributed by atoms with van der Waals surface area (Å²) in [5.74, 6) is 0. The minimum absolute atomic E-state index is 0.341. The van der Waals surface area contributed by atoms with Gasteiger partial charge in [-0.05, 0) is 12.8 Å². The molecule has 1 unspecified atom stereocenters. The van der Waals surface area contributed by atoms with E-state index in [9.17, 15) is 15.3 Å². The third kappa shape index (κ3) is 17.5. The summed E-state index contributed by atoms with van der Waals surface area (Å²) in [4.78, 5) is 0. The number of rotatable bonds is 24. The Labute approximate surface area is 189 Å². The summed E-state index contributed by atoms with van der Waals surface area (Å²) in [5.41, 5.74) is -1.10. The van der Waals surface area contributed by atoms with Gasteiger partial charge in [-0.1, -0.05) is 142 Å². The van der Waals surface area contributed by atoms with Gasteiger partial charge in [0.05, 0.1) is 12.2 Å². The average Bonchev–Trinajstić information content (AvgIpc) is 2.75. The first-order valence-electron chi connectivity index (χ1n) is 13.6. The minimum Gasteiger partial charge on any atom is -0.394 e. The van der Waals surface area contributed by atoms with E-state index < -0.39 is 11.7 Å². The maximum absolute atomic E-state index is 10.9. The van der Waals surface area contributed by atoms with Crippen LogP contribution in [0.15, 0.2) is 0 Å². The molecule has 182 valence electrons. The van der Waals surface area contributed by atoms with Crippen LogP contribution in [0.4, 0.5) is 0 Å². The van der Waals surface area contributed by atoms with Crippen molar-refractivity contribution in [3.05, 3.63) is 0 Å². The van der Waals surface area contributed by atoms with Crippen molar-refractivity contribution in [1.29, 1.82) is 0 Å². The van der Waals surface area contributed by atoms with Crippen molar-refractivity contribution in [3.8, 4) is 0 Å². The van der Waals surface area contributed by atoms with Crippen molar-refractivity contribution >= 4 is 0 Å². The van der Waals surface area contributed by atoms with Gasteiger partial charge in [-0.3, -0.25) is 0 Å². The molecule has 3 heteroatoms. The van der Waals surface area contributed by atoms with Crippen molar-refractivity contribution in [2.24, 2.45) is 0 Å². The van der Waals surface area contributed by atoms with Crippen LogP contribution < -0.4 is 0 Å². The van der Waals surface area contributed by atoms with E-state index in [2.05, 4.69) is 13.8 Å². The first kappa shape index (κ1) is 29.9. The smallest absolute Gasteiger partial charge is 0.106 e. The standard InChI is InChI=1S/C27H56O3/c1-3-5-7-9-11-13-15-17-19-21-23-27(30,26(29)25-28)24-22-20-18-16-14-12-10-8-6-4-2/h26,28-30H,3-25H2,1-2H3. The Morgan fingerprint density at radius 1 is 0.500 bits per heavy atom. The lowest BCUT2D eigenvalue weighted by molar-refractivity contribution is -0.106. The molecular formula is C27H56O3. The van der Waals surface area contributed by atoms with Crippen LogP contribution in [0.3, 0.4) is 0 Å². The van der Waals surface area contributed by atoms with Crippen LogP contribution in [0.1, 0.15) is 155 Å². The number of aliphatic hydroxyl groups excluding tert-OH is 2. The predicted molar refractivity (Wildman–Crippen MR) is 131 cm³/mol. The normalized spacial score (nSPS) is 13.1. The van der Waals surface area contributed by atoms with Gasteiger partial charge in [0.2, 0.25) is 0 Å². The molecule has 0 aromatic rings.